The number of aromatic nitrogens is 1. The first-order valence-corrected chi connectivity index (χ1v) is 13.2. The van der Waals surface area contributed by atoms with Crippen LogP contribution < -0.4 is 15.8 Å². The molecule has 1 saturated heterocycles. The third kappa shape index (κ3) is 4.88. The molecule has 0 bridgehead atoms. The zero-order chi connectivity index (χ0) is 24.1. The van der Waals surface area contributed by atoms with Crippen molar-refractivity contribution in [1.29, 1.82) is 0 Å². The first-order chi connectivity index (χ1) is 16.1. The Balaban J connectivity index is 1.37. The third-order valence-corrected chi connectivity index (χ3v) is 8.56. The number of amides is 1. The van der Waals surface area contributed by atoms with Gasteiger partial charge in [0, 0.05) is 47.3 Å². The van der Waals surface area contributed by atoms with Gasteiger partial charge in [-0.3, -0.25) is 9.59 Å². The molecule has 8 heteroatoms. The molecular formula is C26H30F2IN3O2. The Labute approximate surface area is 212 Å². The summed E-state index contributed by atoms with van der Waals surface area (Å²) in [7, 11) is 0. The number of carbonyl (C=O) groups is 1. The lowest BCUT2D eigenvalue weighted by molar-refractivity contribution is -0.0442. The summed E-state index contributed by atoms with van der Waals surface area (Å²) in [4.78, 5) is 28.4. The molecule has 5 nitrogen and oxygen atoms in total. The van der Waals surface area contributed by atoms with E-state index in [4.69, 9.17) is 0 Å². The number of carbonyl (C=O) groups excluding carboxylic acids is 1. The molecule has 1 aromatic heterocycles. The summed E-state index contributed by atoms with van der Waals surface area (Å²) < 4.78 is 29.9. The molecule has 2 aliphatic carbocycles. The predicted octanol–water partition coefficient (Wildman–Crippen LogP) is 6.14. The molecular weight excluding hydrogens is 551 g/mol. The van der Waals surface area contributed by atoms with Crippen molar-refractivity contribution in [3.05, 3.63) is 55.5 Å². The van der Waals surface area contributed by atoms with E-state index >= 15 is 0 Å². The highest BCUT2D eigenvalue weighted by Crippen LogP contribution is 2.54. The maximum absolute atomic E-state index is 13.6. The van der Waals surface area contributed by atoms with Crippen molar-refractivity contribution in [1.82, 2.24) is 4.57 Å². The number of aryl methyl sites for hydroxylation is 1. The summed E-state index contributed by atoms with van der Waals surface area (Å²) in [6.45, 7) is 3.61. The van der Waals surface area contributed by atoms with Crippen LogP contribution in [0.4, 0.5) is 20.2 Å². The SMILES string of the molecule is Cc1cc(NC(=O)c2ccc(I)cc2N2CCC3(CC2)CC3)cn(C2CCC(F)(F)CC2)c1=O. The maximum atomic E-state index is 13.6. The van der Waals surface area contributed by atoms with E-state index in [1.807, 2.05) is 12.1 Å². The molecule has 0 atom stereocenters. The smallest absolute Gasteiger partial charge is 0.257 e. The van der Waals surface area contributed by atoms with E-state index in [-0.39, 0.29) is 43.2 Å². The normalized spacial score (nSPS) is 21.5. The first-order valence-electron chi connectivity index (χ1n) is 12.1. The summed E-state index contributed by atoms with van der Waals surface area (Å²) in [5.41, 5.74) is 2.92. The van der Waals surface area contributed by atoms with E-state index < -0.39 is 5.92 Å². The van der Waals surface area contributed by atoms with Crippen LogP contribution in [-0.4, -0.2) is 29.5 Å². The second kappa shape index (κ2) is 8.91. The van der Waals surface area contributed by atoms with Gasteiger partial charge in [0.25, 0.3) is 11.5 Å². The van der Waals surface area contributed by atoms with Gasteiger partial charge in [0.15, 0.2) is 0 Å². The molecule has 3 aliphatic rings. The molecule has 2 saturated carbocycles. The van der Waals surface area contributed by atoms with Gasteiger partial charge in [-0.2, -0.15) is 0 Å². The highest BCUT2D eigenvalue weighted by atomic mass is 127. The van der Waals surface area contributed by atoms with E-state index in [2.05, 4.69) is 38.9 Å². The number of anilines is 2. The molecule has 1 N–H and O–H groups in total. The zero-order valence-corrected chi connectivity index (χ0v) is 21.5. The second-order valence-corrected chi connectivity index (χ2v) is 11.6. The highest BCUT2D eigenvalue weighted by molar-refractivity contribution is 14.1. The van der Waals surface area contributed by atoms with Crippen molar-refractivity contribution in [3.8, 4) is 0 Å². The van der Waals surface area contributed by atoms with Gasteiger partial charge < -0.3 is 14.8 Å². The fourth-order valence-electron chi connectivity index (χ4n) is 5.44. The van der Waals surface area contributed by atoms with Crippen LogP contribution in [0.5, 0.6) is 0 Å². The second-order valence-electron chi connectivity index (χ2n) is 10.3. The van der Waals surface area contributed by atoms with Gasteiger partial charge in [0.05, 0.1) is 16.9 Å². The van der Waals surface area contributed by atoms with E-state index in [0.29, 0.717) is 22.2 Å². The number of alkyl halides is 2. The van der Waals surface area contributed by atoms with Crippen LogP contribution in [0, 0.1) is 15.9 Å². The molecule has 3 fully saturated rings. The van der Waals surface area contributed by atoms with Gasteiger partial charge in [0.1, 0.15) is 0 Å². The summed E-state index contributed by atoms with van der Waals surface area (Å²) in [6, 6.07) is 7.24. The van der Waals surface area contributed by atoms with Crippen molar-refractivity contribution in [3.63, 3.8) is 0 Å². The third-order valence-electron chi connectivity index (χ3n) is 7.89. The van der Waals surface area contributed by atoms with Crippen LogP contribution in [0.25, 0.3) is 0 Å². The zero-order valence-electron chi connectivity index (χ0n) is 19.4. The van der Waals surface area contributed by atoms with Gasteiger partial charge in [0.2, 0.25) is 5.92 Å². The largest absolute Gasteiger partial charge is 0.371 e. The van der Waals surface area contributed by atoms with Crippen LogP contribution >= 0.6 is 22.6 Å². The average Bonchev–Trinajstić information content (AvgIpc) is 3.55. The van der Waals surface area contributed by atoms with Crippen LogP contribution in [0.2, 0.25) is 0 Å². The Kier molecular flexibility index (Phi) is 6.23. The molecule has 34 heavy (non-hydrogen) atoms. The predicted molar refractivity (Wildman–Crippen MR) is 138 cm³/mol. The monoisotopic (exact) mass is 581 g/mol. The molecule has 1 aliphatic heterocycles. The fourth-order valence-corrected chi connectivity index (χ4v) is 5.92. The standard InChI is InChI=1S/C26H30F2IN3O2/c1-17-14-19(16-32(24(17)34)20-4-6-26(27,28)7-5-20)30-23(33)21-3-2-18(29)15-22(21)31-12-10-25(8-9-25)11-13-31/h2-3,14-16,20H,4-13H2,1H3,(H,30,33). The van der Waals surface area contributed by atoms with Gasteiger partial charge >= 0.3 is 0 Å². The molecule has 0 unspecified atom stereocenters. The Morgan fingerprint density at radius 1 is 1.06 bits per heavy atom. The Morgan fingerprint density at radius 3 is 2.38 bits per heavy atom. The van der Waals surface area contributed by atoms with Gasteiger partial charge in [-0.15, -0.1) is 0 Å². The number of nitrogens with zero attached hydrogens (tertiary/aromatic N) is 2. The lowest BCUT2D eigenvalue weighted by atomic mass is 9.92. The summed E-state index contributed by atoms with van der Waals surface area (Å²) in [5.74, 6) is -2.88. The minimum Gasteiger partial charge on any atom is -0.371 e. The summed E-state index contributed by atoms with van der Waals surface area (Å²) in [5, 5.41) is 2.97. The number of pyridine rings is 1. The molecule has 1 amide bonds. The summed E-state index contributed by atoms with van der Waals surface area (Å²) >= 11 is 2.27. The minimum atomic E-state index is -2.66. The Hall–Kier alpha value is -1.97. The molecule has 0 radical (unpaired) electrons. The lowest BCUT2D eigenvalue weighted by Crippen LogP contribution is -2.36. The van der Waals surface area contributed by atoms with E-state index in [9.17, 15) is 18.4 Å². The molecule has 182 valence electrons. The maximum Gasteiger partial charge on any atom is 0.257 e. The van der Waals surface area contributed by atoms with Crippen molar-refractivity contribution < 1.29 is 13.6 Å². The van der Waals surface area contributed by atoms with Crippen molar-refractivity contribution in [2.45, 2.75) is 70.3 Å². The number of halogens is 3. The van der Waals surface area contributed by atoms with E-state index in [1.54, 1.807) is 19.2 Å². The first kappa shape index (κ1) is 23.8. The highest BCUT2D eigenvalue weighted by Gasteiger charge is 2.44. The Morgan fingerprint density at radius 2 is 1.74 bits per heavy atom. The topological polar surface area (TPSA) is 54.3 Å². The number of benzene rings is 1. The van der Waals surface area contributed by atoms with Gasteiger partial charge in [-0.1, -0.05) is 0 Å². The van der Waals surface area contributed by atoms with Gasteiger partial charge in [-0.25, -0.2) is 8.78 Å². The Bertz CT molecular complexity index is 1160. The fraction of sp³-hybridized carbons (Fsp3) is 0.538. The number of nitrogens with one attached hydrogen (secondary N) is 1. The molecule has 1 aromatic carbocycles. The number of hydrogen-bond donors (Lipinski definition) is 1. The lowest BCUT2D eigenvalue weighted by Gasteiger charge is -2.35. The van der Waals surface area contributed by atoms with Crippen molar-refractivity contribution >= 4 is 39.9 Å². The quantitative estimate of drug-likeness (QED) is 0.442. The average molecular weight is 581 g/mol. The molecule has 2 aromatic rings. The summed E-state index contributed by atoms with van der Waals surface area (Å²) in [6.07, 6.45) is 6.68. The molecule has 5 rings (SSSR count). The van der Waals surface area contributed by atoms with Gasteiger partial charge in [-0.05, 0) is 97.7 Å². The van der Waals surface area contributed by atoms with E-state index in [1.165, 1.54) is 30.3 Å². The van der Waals surface area contributed by atoms with Crippen LogP contribution in [0.3, 0.4) is 0 Å². The number of rotatable bonds is 4. The van der Waals surface area contributed by atoms with E-state index in [0.717, 1.165) is 22.3 Å². The van der Waals surface area contributed by atoms with Crippen LogP contribution in [-0.2, 0) is 0 Å². The van der Waals surface area contributed by atoms with Crippen LogP contribution in [0.15, 0.2) is 35.3 Å². The molecule has 1 spiro atoms. The van der Waals surface area contributed by atoms with Crippen LogP contribution in [0.1, 0.15) is 73.3 Å². The van der Waals surface area contributed by atoms with Crippen molar-refractivity contribution in [2.24, 2.45) is 5.41 Å². The minimum absolute atomic E-state index is 0.189. The number of piperidine rings is 1. The number of hydrogen-bond acceptors (Lipinski definition) is 3. The van der Waals surface area contributed by atoms with Crippen molar-refractivity contribution in [2.75, 3.05) is 23.3 Å². The molecule has 2 heterocycles.